The smallest absolute Gasteiger partial charge is 0.242 e. The van der Waals surface area contributed by atoms with Crippen molar-refractivity contribution in [1.82, 2.24) is 9.80 Å². The molecule has 1 aromatic rings. The van der Waals surface area contributed by atoms with Crippen LogP contribution >= 0.6 is 15.9 Å². The van der Waals surface area contributed by atoms with E-state index in [4.69, 9.17) is 5.73 Å². The zero-order valence-electron chi connectivity index (χ0n) is 11.6. The Labute approximate surface area is 122 Å². The number of piperazine rings is 1. The van der Waals surface area contributed by atoms with Crippen molar-refractivity contribution in [2.45, 2.75) is 25.9 Å². The minimum Gasteiger partial charge on any atom is -0.399 e. The minimum absolute atomic E-state index is 0.168. The van der Waals surface area contributed by atoms with Crippen LogP contribution in [0.2, 0.25) is 0 Å². The van der Waals surface area contributed by atoms with Crippen LogP contribution in [0.5, 0.6) is 0 Å². The van der Waals surface area contributed by atoms with Crippen molar-refractivity contribution < 1.29 is 4.79 Å². The van der Waals surface area contributed by atoms with E-state index in [9.17, 15) is 4.79 Å². The number of nitrogens with zero attached hydrogens (tertiary/aromatic N) is 2. The molecule has 0 spiro atoms. The van der Waals surface area contributed by atoms with Gasteiger partial charge >= 0.3 is 0 Å². The molecular weight excluding hydrogens is 306 g/mol. The zero-order chi connectivity index (χ0) is 14.2. The van der Waals surface area contributed by atoms with Crippen LogP contribution in [0.15, 0.2) is 22.7 Å². The van der Waals surface area contributed by atoms with Crippen LogP contribution in [0, 0.1) is 0 Å². The fourth-order valence-corrected chi connectivity index (χ4v) is 3.08. The molecule has 0 saturated carbocycles. The normalized spacial score (nSPS) is 19.8. The van der Waals surface area contributed by atoms with Gasteiger partial charge in [0, 0.05) is 36.8 Å². The van der Waals surface area contributed by atoms with E-state index >= 15 is 0 Å². The maximum Gasteiger partial charge on any atom is 0.242 e. The molecule has 104 valence electrons. The molecule has 1 aliphatic rings. The number of carbonyl (C=O) groups excluding carboxylic acids is 1. The molecule has 2 N–H and O–H groups in total. The number of rotatable bonds is 2. The monoisotopic (exact) mass is 325 g/mol. The second-order valence-electron chi connectivity index (χ2n) is 5.60. The molecule has 19 heavy (non-hydrogen) atoms. The van der Waals surface area contributed by atoms with Crippen LogP contribution in [-0.2, 0) is 11.3 Å². The van der Waals surface area contributed by atoms with Gasteiger partial charge in [-0.25, -0.2) is 0 Å². The predicted octanol–water partition coefficient (Wildman–Crippen LogP) is 2.08. The first kappa shape index (κ1) is 14.3. The van der Waals surface area contributed by atoms with Crippen molar-refractivity contribution in [2.24, 2.45) is 0 Å². The Bertz CT molecular complexity index is 481. The van der Waals surface area contributed by atoms with E-state index in [1.807, 2.05) is 33.0 Å². The summed E-state index contributed by atoms with van der Waals surface area (Å²) < 4.78 is 0.973. The lowest BCUT2D eigenvalue weighted by Crippen LogP contribution is -2.61. The van der Waals surface area contributed by atoms with E-state index in [1.54, 1.807) is 4.90 Å². The van der Waals surface area contributed by atoms with Gasteiger partial charge in [-0.15, -0.1) is 0 Å². The molecule has 1 amide bonds. The molecule has 0 radical (unpaired) electrons. The SMILES string of the molecule is CN1CCN(Cc2cc(N)cc(Br)c2)C(C)(C)C1=O. The number of hydrogen-bond acceptors (Lipinski definition) is 3. The number of nitrogen functional groups attached to an aromatic ring is 1. The molecule has 1 heterocycles. The Balaban J connectivity index is 2.20. The summed E-state index contributed by atoms with van der Waals surface area (Å²) in [5.74, 6) is 0.168. The van der Waals surface area contributed by atoms with Crippen molar-refractivity contribution in [2.75, 3.05) is 25.9 Å². The van der Waals surface area contributed by atoms with Gasteiger partial charge in [-0.3, -0.25) is 9.69 Å². The summed E-state index contributed by atoms with van der Waals surface area (Å²) in [5.41, 5.74) is 7.25. The van der Waals surface area contributed by atoms with Gasteiger partial charge in [0.1, 0.15) is 0 Å². The van der Waals surface area contributed by atoms with E-state index in [-0.39, 0.29) is 5.91 Å². The molecule has 0 aromatic heterocycles. The first-order valence-electron chi connectivity index (χ1n) is 6.36. The summed E-state index contributed by atoms with van der Waals surface area (Å²) in [7, 11) is 1.86. The van der Waals surface area contributed by atoms with Gasteiger partial charge in [0.05, 0.1) is 5.54 Å². The van der Waals surface area contributed by atoms with Crippen molar-refractivity contribution >= 4 is 27.5 Å². The van der Waals surface area contributed by atoms with Gasteiger partial charge in [-0.1, -0.05) is 15.9 Å². The lowest BCUT2D eigenvalue weighted by molar-refractivity contribution is -0.147. The van der Waals surface area contributed by atoms with Crippen LogP contribution in [0.3, 0.4) is 0 Å². The number of carbonyl (C=O) groups is 1. The Kier molecular flexibility index (Phi) is 3.87. The number of amides is 1. The highest BCUT2D eigenvalue weighted by atomic mass is 79.9. The molecule has 1 fully saturated rings. The molecule has 1 aliphatic heterocycles. The lowest BCUT2D eigenvalue weighted by atomic mass is 9.97. The third-order valence-electron chi connectivity index (χ3n) is 3.72. The second kappa shape index (κ2) is 5.13. The summed E-state index contributed by atoms with van der Waals surface area (Å²) in [6.07, 6.45) is 0. The average Bonchev–Trinajstić information content (AvgIpc) is 2.29. The Morgan fingerprint density at radius 1 is 1.32 bits per heavy atom. The minimum atomic E-state index is -0.468. The number of benzene rings is 1. The van der Waals surface area contributed by atoms with Crippen LogP contribution in [0.4, 0.5) is 5.69 Å². The molecule has 0 bridgehead atoms. The first-order valence-corrected chi connectivity index (χ1v) is 7.15. The van der Waals surface area contributed by atoms with Gasteiger partial charge in [0.15, 0.2) is 0 Å². The third-order valence-corrected chi connectivity index (χ3v) is 4.18. The fraction of sp³-hybridized carbons (Fsp3) is 0.500. The van der Waals surface area contributed by atoms with E-state index in [0.717, 1.165) is 35.4 Å². The molecular formula is C14H20BrN3O. The second-order valence-corrected chi connectivity index (χ2v) is 6.52. The summed E-state index contributed by atoms with van der Waals surface area (Å²) in [6, 6.07) is 5.89. The van der Waals surface area contributed by atoms with Gasteiger partial charge in [0.25, 0.3) is 0 Å². The predicted molar refractivity (Wildman–Crippen MR) is 80.7 cm³/mol. The van der Waals surface area contributed by atoms with Crippen molar-refractivity contribution in [3.8, 4) is 0 Å². The van der Waals surface area contributed by atoms with E-state index in [1.165, 1.54) is 0 Å². The Hall–Kier alpha value is -1.07. The number of hydrogen-bond donors (Lipinski definition) is 1. The van der Waals surface area contributed by atoms with Crippen LogP contribution in [0.1, 0.15) is 19.4 Å². The molecule has 5 heteroatoms. The van der Waals surface area contributed by atoms with Crippen molar-refractivity contribution in [3.05, 3.63) is 28.2 Å². The van der Waals surface area contributed by atoms with Gasteiger partial charge in [0.2, 0.25) is 5.91 Å². The average molecular weight is 326 g/mol. The quantitative estimate of drug-likeness (QED) is 0.847. The molecule has 0 aliphatic carbocycles. The largest absolute Gasteiger partial charge is 0.399 e. The molecule has 0 unspecified atom stereocenters. The Morgan fingerprint density at radius 3 is 2.63 bits per heavy atom. The number of likely N-dealkylation sites (N-methyl/N-ethyl adjacent to an activating group) is 1. The highest BCUT2D eigenvalue weighted by molar-refractivity contribution is 9.10. The Morgan fingerprint density at radius 2 is 2.00 bits per heavy atom. The molecule has 2 rings (SSSR count). The van der Waals surface area contributed by atoms with Crippen molar-refractivity contribution in [3.63, 3.8) is 0 Å². The zero-order valence-corrected chi connectivity index (χ0v) is 13.2. The topological polar surface area (TPSA) is 49.6 Å². The van der Waals surface area contributed by atoms with Crippen LogP contribution in [0.25, 0.3) is 0 Å². The number of nitrogens with two attached hydrogens (primary N) is 1. The lowest BCUT2D eigenvalue weighted by Gasteiger charge is -2.44. The van der Waals surface area contributed by atoms with Crippen molar-refractivity contribution in [1.29, 1.82) is 0 Å². The molecule has 0 atom stereocenters. The summed E-state index contributed by atoms with van der Waals surface area (Å²) in [4.78, 5) is 16.2. The van der Waals surface area contributed by atoms with Crippen LogP contribution < -0.4 is 5.73 Å². The highest BCUT2D eigenvalue weighted by Gasteiger charge is 2.40. The summed E-state index contributed by atoms with van der Waals surface area (Å²) in [5, 5.41) is 0. The third kappa shape index (κ3) is 2.92. The number of halogens is 1. The van der Waals surface area contributed by atoms with E-state index in [2.05, 4.69) is 26.9 Å². The number of anilines is 1. The molecule has 1 aromatic carbocycles. The first-order chi connectivity index (χ1) is 8.80. The van der Waals surface area contributed by atoms with Gasteiger partial charge in [-0.2, -0.15) is 0 Å². The molecule has 4 nitrogen and oxygen atoms in total. The fourth-order valence-electron chi connectivity index (χ4n) is 2.52. The van der Waals surface area contributed by atoms with Crippen LogP contribution in [-0.4, -0.2) is 41.4 Å². The van der Waals surface area contributed by atoms with E-state index < -0.39 is 5.54 Å². The molecule has 1 saturated heterocycles. The summed E-state index contributed by atoms with van der Waals surface area (Å²) in [6.45, 7) is 6.34. The maximum atomic E-state index is 12.2. The van der Waals surface area contributed by atoms with Gasteiger partial charge in [-0.05, 0) is 37.6 Å². The van der Waals surface area contributed by atoms with E-state index in [0.29, 0.717) is 0 Å². The highest BCUT2D eigenvalue weighted by Crippen LogP contribution is 2.25. The van der Waals surface area contributed by atoms with Gasteiger partial charge < -0.3 is 10.6 Å². The summed E-state index contributed by atoms with van der Waals surface area (Å²) >= 11 is 3.45. The maximum absolute atomic E-state index is 12.2. The standard InChI is InChI=1S/C14H20BrN3O/c1-14(2)13(19)17(3)4-5-18(14)9-10-6-11(15)8-12(16)7-10/h6-8H,4-5,9,16H2,1-3H3.